The van der Waals surface area contributed by atoms with Crippen LogP contribution in [0.15, 0.2) is 24.5 Å². The molecule has 1 aromatic heterocycles. The van der Waals surface area contributed by atoms with Crippen LogP contribution >= 0.6 is 0 Å². The first-order valence-electron chi connectivity index (χ1n) is 7.42. The van der Waals surface area contributed by atoms with Crippen LogP contribution in [0.5, 0.6) is 0 Å². The van der Waals surface area contributed by atoms with E-state index in [1.807, 2.05) is 6.07 Å². The molecule has 0 aliphatic carbocycles. The molecule has 2 heterocycles. The Bertz CT molecular complexity index is 672. The molecule has 1 aliphatic heterocycles. The molecule has 0 radical (unpaired) electrons. The van der Waals surface area contributed by atoms with Crippen LogP contribution in [0.25, 0.3) is 10.9 Å². The first-order valence-corrected chi connectivity index (χ1v) is 7.42. The Labute approximate surface area is 123 Å². The highest BCUT2D eigenvalue weighted by molar-refractivity contribution is 5.96. The summed E-state index contributed by atoms with van der Waals surface area (Å²) in [6.07, 6.45) is 5.16. The fraction of sp³-hybridized carbons (Fsp3) is 0.438. The largest absolute Gasteiger partial charge is 0.478 e. The normalized spacial score (nSPS) is 18.9. The third kappa shape index (κ3) is 2.68. The zero-order valence-electron chi connectivity index (χ0n) is 12.1. The summed E-state index contributed by atoms with van der Waals surface area (Å²) in [4.78, 5) is 22.0. The van der Waals surface area contributed by atoms with E-state index in [2.05, 4.69) is 21.8 Å². The van der Waals surface area contributed by atoms with Gasteiger partial charge in [-0.25, -0.2) is 14.8 Å². The summed E-state index contributed by atoms with van der Waals surface area (Å²) in [5.74, 6) is 0.707. The van der Waals surface area contributed by atoms with Crippen molar-refractivity contribution in [1.29, 1.82) is 0 Å². The number of benzene rings is 1. The third-order valence-corrected chi connectivity index (χ3v) is 4.26. The van der Waals surface area contributed by atoms with Crippen molar-refractivity contribution in [2.45, 2.75) is 26.2 Å². The lowest BCUT2D eigenvalue weighted by Gasteiger charge is -2.33. The summed E-state index contributed by atoms with van der Waals surface area (Å²) in [6.45, 7) is 4.25. The molecule has 1 saturated heterocycles. The second kappa shape index (κ2) is 5.68. The van der Waals surface area contributed by atoms with Crippen molar-refractivity contribution in [1.82, 2.24) is 9.97 Å². The Hall–Kier alpha value is -2.17. The summed E-state index contributed by atoms with van der Waals surface area (Å²) in [5.41, 5.74) is 0.954. The van der Waals surface area contributed by atoms with E-state index >= 15 is 0 Å². The Morgan fingerprint density at radius 1 is 1.43 bits per heavy atom. The molecule has 0 bridgehead atoms. The van der Waals surface area contributed by atoms with E-state index in [4.69, 9.17) is 5.11 Å². The number of fused-ring (bicyclic) bond motifs is 1. The zero-order chi connectivity index (χ0) is 14.8. The number of aromatic nitrogens is 2. The number of carboxylic acid groups (broad SMARTS) is 1. The highest BCUT2D eigenvalue weighted by Gasteiger charge is 2.21. The van der Waals surface area contributed by atoms with Crippen molar-refractivity contribution >= 4 is 22.7 Å². The number of carbonyl (C=O) groups is 1. The summed E-state index contributed by atoms with van der Waals surface area (Å²) in [5, 5.41) is 10.0. The van der Waals surface area contributed by atoms with E-state index in [1.165, 1.54) is 25.6 Å². The summed E-state index contributed by atoms with van der Waals surface area (Å²) < 4.78 is 0. The minimum Gasteiger partial charge on any atom is -0.478 e. The molecule has 5 heteroatoms. The first-order chi connectivity index (χ1) is 10.2. The zero-order valence-corrected chi connectivity index (χ0v) is 12.1. The van der Waals surface area contributed by atoms with Gasteiger partial charge in [0.25, 0.3) is 0 Å². The van der Waals surface area contributed by atoms with E-state index in [0.29, 0.717) is 11.4 Å². The SMILES string of the molecule is CCC1CCCN(c2ncnc3cc(C(=O)O)ccc23)C1. The van der Waals surface area contributed by atoms with Gasteiger partial charge in [0.1, 0.15) is 12.1 Å². The minimum absolute atomic E-state index is 0.261. The molecular formula is C16H19N3O2. The van der Waals surface area contributed by atoms with E-state index in [9.17, 15) is 4.79 Å². The van der Waals surface area contributed by atoms with Crippen LogP contribution in [-0.4, -0.2) is 34.1 Å². The van der Waals surface area contributed by atoms with Gasteiger partial charge in [-0.15, -0.1) is 0 Å². The van der Waals surface area contributed by atoms with Crippen LogP contribution in [0.2, 0.25) is 0 Å². The number of hydrogen-bond acceptors (Lipinski definition) is 4. The predicted molar refractivity (Wildman–Crippen MR) is 81.7 cm³/mol. The Balaban J connectivity index is 2.00. The van der Waals surface area contributed by atoms with E-state index in [0.717, 1.165) is 24.3 Å². The second-order valence-electron chi connectivity index (χ2n) is 5.60. The third-order valence-electron chi connectivity index (χ3n) is 4.26. The fourth-order valence-electron chi connectivity index (χ4n) is 3.02. The van der Waals surface area contributed by atoms with Gasteiger partial charge in [-0.3, -0.25) is 0 Å². The lowest BCUT2D eigenvalue weighted by atomic mass is 9.95. The van der Waals surface area contributed by atoms with E-state index in [1.54, 1.807) is 12.1 Å². The van der Waals surface area contributed by atoms with Crippen molar-refractivity contribution < 1.29 is 9.90 Å². The van der Waals surface area contributed by atoms with Gasteiger partial charge in [0.15, 0.2) is 0 Å². The average Bonchev–Trinajstić information content (AvgIpc) is 2.53. The van der Waals surface area contributed by atoms with Crippen molar-refractivity contribution in [2.75, 3.05) is 18.0 Å². The van der Waals surface area contributed by atoms with Gasteiger partial charge in [-0.1, -0.05) is 13.3 Å². The lowest BCUT2D eigenvalue weighted by Crippen LogP contribution is -2.35. The van der Waals surface area contributed by atoms with Gasteiger partial charge in [0.2, 0.25) is 0 Å². The maximum Gasteiger partial charge on any atom is 0.335 e. The number of rotatable bonds is 3. The smallest absolute Gasteiger partial charge is 0.335 e. The quantitative estimate of drug-likeness (QED) is 0.939. The van der Waals surface area contributed by atoms with E-state index < -0.39 is 5.97 Å². The van der Waals surface area contributed by atoms with Crippen LogP contribution < -0.4 is 4.90 Å². The van der Waals surface area contributed by atoms with E-state index in [-0.39, 0.29) is 5.56 Å². The number of aromatic carboxylic acids is 1. The number of hydrogen-bond donors (Lipinski definition) is 1. The monoisotopic (exact) mass is 285 g/mol. The van der Waals surface area contributed by atoms with Crippen LogP contribution in [0.4, 0.5) is 5.82 Å². The van der Waals surface area contributed by atoms with Crippen LogP contribution in [0.1, 0.15) is 36.5 Å². The molecule has 2 aromatic rings. The Kier molecular flexibility index (Phi) is 3.73. The Morgan fingerprint density at radius 2 is 2.29 bits per heavy atom. The Morgan fingerprint density at radius 3 is 3.05 bits per heavy atom. The number of nitrogens with zero attached hydrogens (tertiary/aromatic N) is 3. The molecule has 1 aliphatic rings. The molecular weight excluding hydrogens is 266 g/mol. The summed E-state index contributed by atoms with van der Waals surface area (Å²) in [6, 6.07) is 5.06. The predicted octanol–water partition coefficient (Wildman–Crippen LogP) is 2.95. The van der Waals surface area contributed by atoms with Gasteiger partial charge in [-0.2, -0.15) is 0 Å². The van der Waals surface area contributed by atoms with Gasteiger partial charge in [0, 0.05) is 18.5 Å². The van der Waals surface area contributed by atoms with Gasteiger partial charge < -0.3 is 10.0 Å². The summed E-state index contributed by atoms with van der Waals surface area (Å²) >= 11 is 0. The van der Waals surface area contributed by atoms with Crippen molar-refractivity contribution in [3.05, 3.63) is 30.1 Å². The number of carboxylic acids is 1. The standard InChI is InChI=1S/C16H19N3O2/c1-2-11-4-3-7-19(9-11)15-13-6-5-12(16(20)21)8-14(13)17-10-18-15/h5-6,8,10-11H,2-4,7,9H2,1H3,(H,20,21). The van der Waals surface area contributed by atoms with Crippen molar-refractivity contribution in [3.63, 3.8) is 0 Å². The molecule has 1 fully saturated rings. The topological polar surface area (TPSA) is 66.3 Å². The lowest BCUT2D eigenvalue weighted by molar-refractivity contribution is 0.0697. The second-order valence-corrected chi connectivity index (χ2v) is 5.60. The van der Waals surface area contributed by atoms with Crippen LogP contribution in [-0.2, 0) is 0 Å². The molecule has 0 spiro atoms. The maximum atomic E-state index is 11.1. The highest BCUT2D eigenvalue weighted by Crippen LogP contribution is 2.28. The fourth-order valence-corrected chi connectivity index (χ4v) is 3.02. The molecule has 110 valence electrons. The maximum absolute atomic E-state index is 11.1. The van der Waals surface area contributed by atoms with Gasteiger partial charge >= 0.3 is 5.97 Å². The molecule has 1 unspecified atom stereocenters. The molecule has 3 rings (SSSR count). The number of anilines is 1. The molecule has 0 saturated carbocycles. The average molecular weight is 285 g/mol. The molecule has 21 heavy (non-hydrogen) atoms. The van der Waals surface area contributed by atoms with Gasteiger partial charge in [0.05, 0.1) is 11.1 Å². The molecule has 1 atom stereocenters. The molecule has 1 N–H and O–H groups in total. The van der Waals surface area contributed by atoms with Gasteiger partial charge in [-0.05, 0) is 37.0 Å². The van der Waals surface area contributed by atoms with Crippen molar-refractivity contribution in [3.8, 4) is 0 Å². The highest BCUT2D eigenvalue weighted by atomic mass is 16.4. The molecule has 5 nitrogen and oxygen atoms in total. The number of piperidine rings is 1. The minimum atomic E-state index is -0.930. The summed E-state index contributed by atoms with van der Waals surface area (Å²) in [7, 11) is 0. The van der Waals surface area contributed by atoms with Crippen LogP contribution in [0.3, 0.4) is 0 Å². The van der Waals surface area contributed by atoms with Crippen LogP contribution in [0, 0.1) is 5.92 Å². The molecule has 0 amide bonds. The molecule has 1 aromatic carbocycles. The first kappa shape index (κ1) is 13.8. The van der Waals surface area contributed by atoms with Crippen molar-refractivity contribution in [2.24, 2.45) is 5.92 Å².